The van der Waals surface area contributed by atoms with Crippen LogP contribution < -0.4 is 0 Å². The van der Waals surface area contributed by atoms with Gasteiger partial charge in [0.05, 0.1) is 12.1 Å². The lowest BCUT2D eigenvalue weighted by atomic mass is 10.2. The molecule has 0 radical (unpaired) electrons. The summed E-state index contributed by atoms with van der Waals surface area (Å²) in [6, 6.07) is 1.87. The third-order valence-electron chi connectivity index (χ3n) is 2.39. The molecule has 1 saturated carbocycles. The fourth-order valence-corrected chi connectivity index (χ4v) is 1.72. The lowest BCUT2D eigenvalue weighted by Gasteiger charge is -2.13. The maximum absolute atomic E-state index is 9.55. The summed E-state index contributed by atoms with van der Waals surface area (Å²) >= 11 is 0. The Balaban J connectivity index is 2.21. The Morgan fingerprint density at radius 1 is 1.62 bits per heavy atom. The van der Waals surface area contributed by atoms with E-state index in [9.17, 15) is 5.11 Å². The van der Waals surface area contributed by atoms with Gasteiger partial charge in [-0.15, -0.1) is 5.10 Å². The molecule has 2 atom stereocenters. The van der Waals surface area contributed by atoms with E-state index in [-0.39, 0.29) is 18.0 Å². The highest BCUT2D eigenvalue weighted by atomic mass is 16.3. The van der Waals surface area contributed by atoms with Crippen LogP contribution in [0.1, 0.15) is 31.1 Å². The monoisotopic (exact) mass is 178 g/mol. The smallest absolute Gasteiger partial charge is 0.252 e. The van der Waals surface area contributed by atoms with E-state index in [1.807, 2.05) is 6.07 Å². The summed E-state index contributed by atoms with van der Waals surface area (Å²) in [5, 5.41) is 22.0. The van der Waals surface area contributed by atoms with Crippen LogP contribution in [0.5, 0.6) is 0 Å². The molecule has 2 rings (SSSR count). The van der Waals surface area contributed by atoms with E-state index >= 15 is 0 Å². The van der Waals surface area contributed by atoms with Crippen molar-refractivity contribution >= 4 is 0 Å². The van der Waals surface area contributed by atoms with E-state index in [0.29, 0.717) is 0 Å². The van der Waals surface area contributed by atoms with Gasteiger partial charge in [-0.2, -0.15) is 5.26 Å². The van der Waals surface area contributed by atoms with Gasteiger partial charge in [0.15, 0.2) is 0 Å². The maximum atomic E-state index is 9.55. The molecule has 0 bridgehead atoms. The molecule has 1 aromatic heterocycles. The molecule has 1 aromatic rings. The quantitative estimate of drug-likeness (QED) is 0.668. The van der Waals surface area contributed by atoms with Crippen LogP contribution in [0.2, 0.25) is 0 Å². The third kappa shape index (κ3) is 1.40. The molecule has 0 amide bonds. The maximum Gasteiger partial charge on any atom is 0.252 e. The van der Waals surface area contributed by atoms with Crippen molar-refractivity contribution in [1.29, 1.82) is 5.26 Å². The van der Waals surface area contributed by atoms with E-state index in [2.05, 4.69) is 10.1 Å². The minimum Gasteiger partial charge on any atom is -0.391 e. The number of rotatable bonds is 1. The highest BCUT2D eigenvalue weighted by Crippen LogP contribution is 2.28. The van der Waals surface area contributed by atoms with E-state index in [1.54, 1.807) is 4.68 Å². The van der Waals surface area contributed by atoms with Gasteiger partial charge in [0.2, 0.25) is 0 Å². The molecule has 2 unspecified atom stereocenters. The Hall–Kier alpha value is -1.41. The molecule has 0 spiro atoms. The van der Waals surface area contributed by atoms with Crippen molar-refractivity contribution in [2.45, 2.75) is 31.4 Å². The molecular weight excluding hydrogens is 168 g/mol. The topological polar surface area (TPSA) is 74.7 Å². The van der Waals surface area contributed by atoms with Crippen LogP contribution in [-0.2, 0) is 0 Å². The molecule has 1 aliphatic carbocycles. The van der Waals surface area contributed by atoms with Gasteiger partial charge in [0.1, 0.15) is 12.4 Å². The molecule has 5 heteroatoms. The summed E-state index contributed by atoms with van der Waals surface area (Å²) in [5.74, 6) is 0.166. The van der Waals surface area contributed by atoms with Crippen LogP contribution in [0, 0.1) is 11.3 Å². The minimum absolute atomic E-state index is 0.00889. The number of nitriles is 1. The first kappa shape index (κ1) is 8.20. The molecule has 0 aromatic carbocycles. The molecule has 1 aliphatic rings. The second-order valence-electron chi connectivity index (χ2n) is 3.23. The zero-order chi connectivity index (χ0) is 9.26. The Labute approximate surface area is 75.6 Å². The number of aromatic nitrogens is 3. The molecule has 0 aliphatic heterocycles. The van der Waals surface area contributed by atoms with Crippen LogP contribution >= 0.6 is 0 Å². The van der Waals surface area contributed by atoms with Crippen molar-refractivity contribution in [3.8, 4) is 6.07 Å². The predicted molar refractivity (Wildman–Crippen MR) is 43.6 cm³/mol. The second kappa shape index (κ2) is 3.15. The van der Waals surface area contributed by atoms with Crippen molar-refractivity contribution in [3.63, 3.8) is 0 Å². The Morgan fingerprint density at radius 3 is 3.00 bits per heavy atom. The lowest BCUT2D eigenvalue weighted by Crippen LogP contribution is -2.18. The molecule has 5 nitrogen and oxygen atoms in total. The van der Waals surface area contributed by atoms with Crippen molar-refractivity contribution in [2.24, 2.45) is 0 Å². The number of aliphatic hydroxyl groups excluding tert-OH is 1. The predicted octanol–water partition coefficient (Wildman–Crippen LogP) is 0.236. The summed E-state index contributed by atoms with van der Waals surface area (Å²) in [4.78, 5) is 3.79. The van der Waals surface area contributed by atoms with Gasteiger partial charge in [-0.05, 0) is 19.3 Å². The van der Waals surface area contributed by atoms with Gasteiger partial charge < -0.3 is 5.11 Å². The van der Waals surface area contributed by atoms with Gasteiger partial charge in [-0.1, -0.05) is 0 Å². The lowest BCUT2D eigenvalue weighted by molar-refractivity contribution is 0.130. The Bertz CT molecular complexity index is 340. The van der Waals surface area contributed by atoms with Gasteiger partial charge in [-0.3, -0.25) is 0 Å². The van der Waals surface area contributed by atoms with Gasteiger partial charge in [-0.25, -0.2) is 9.67 Å². The fourth-order valence-electron chi connectivity index (χ4n) is 1.72. The van der Waals surface area contributed by atoms with E-state index < -0.39 is 0 Å². The first-order chi connectivity index (χ1) is 6.31. The minimum atomic E-state index is -0.340. The third-order valence-corrected chi connectivity index (χ3v) is 2.39. The number of hydrogen-bond donors (Lipinski definition) is 1. The highest BCUT2D eigenvalue weighted by molar-refractivity contribution is 5.06. The summed E-state index contributed by atoms with van der Waals surface area (Å²) in [6.45, 7) is 0. The molecule has 1 fully saturated rings. The molecule has 1 heterocycles. The van der Waals surface area contributed by atoms with Crippen LogP contribution in [0.3, 0.4) is 0 Å². The van der Waals surface area contributed by atoms with Gasteiger partial charge >= 0.3 is 0 Å². The molecule has 68 valence electrons. The molecular formula is C8H10N4O. The van der Waals surface area contributed by atoms with Crippen LogP contribution in [0.15, 0.2) is 6.33 Å². The van der Waals surface area contributed by atoms with Gasteiger partial charge in [0.25, 0.3) is 5.82 Å². The number of nitrogens with zero attached hydrogens (tertiary/aromatic N) is 4. The largest absolute Gasteiger partial charge is 0.391 e. The normalized spacial score (nSPS) is 27.4. The molecule has 13 heavy (non-hydrogen) atoms. The average molecular weight is 178 g/mol. The average Bonchev–Trinajstić information content (AvgIpc) is 2.71. The summed E-state index contributed by atoms with van der Waals surface area (Å²) in [7, 11) is 0. The molecule has 0 saturated heterocycles. The second-order valence-corrected chi connectivity index (χ2v) is 3.23. The summed E-state index contributed by atoms with van der Waals surface area (Å²) < 4.78 is 1.59. The summed E-state index contributed by atoms with van der Waals surface area (Å²) in [6.07, 6.45) is 3.90. The van der Waals surface area contributed by atoms with Gasteiger partial charge in [0, 0.05) is 0 Å². The van der Waals surface area contributed by atoms with Crippen molar-refractivity contribution < 1.29 is 5.11 Å². The van der Waals surface area contributed by atoms with Crippen molar-refractivity contribution in [2.75, 3.05) is 0 Å². The zero-order valence-corrected chi connectivity index (χ0v) is 7.09. The standard InChI is InChI=1S/C8H10N4O/c9-4-8-10-5-12(11-8)6-2-1-3-7(6)13/h5-7,13H,1-3H2. The van der Waals surface area contributed by atoms with E-state index in [1.165, 1.54) is 6.33 Å². The SMILES string of the molecule is N#Cc1ncn(C2CCCC2O)n1. The fraction of sp³-hybridized carbons (Fsp3) is 0.625. The van der Waals surface area contributed by atoms with Crippen molar-refractivity contribution in [1.82, 2.24) is 14.8 Å². The van der Waals surface area contributed by atoms with E-state index in [4.69, 9.17) is 5.26 Å². The highest BCUT2D eigenvalue weighted by Gasteiger charge is 2.27. The van der Waals surface area contributed by atoms with Crippen LogP contribution in [0.4, 0.5) is 0 Å². The van der Waals surface area contributed by atoms with Crippen molar-refractivity contribution in [3.05, 3.63) is 12.2 Å². The Morgan fingerprint density at radius 2 is 2.46 bits per heavy atom. The van der Waals surface area contributed by atoms with Crippen LogP contribution in [0.25, 0.3) is 0 Å². The summed E-state index contributed by atoms with van der Waals surface area (Å²) in [5.41, 5.74) is 0. The van der Waals surface area contributed by atoms with Crippen LogP contribution in [-0.4, -0.2) is 26.0 Å². The number of aliphatic hydroxyl groups is 1. The zero-order valence-electron chi connectivity index (χ0n) is 7.09. The number of hydrogen-bond acceptors (Lipinski definition) is 4. The first-order valence-corrected chi connectivity index (χ1v) is 4.30. The Kier molecular flexibility index (Phi) is 1.99. The first-order valence-electron chi connectivity index (χ1n) is 4.30. The van der Waals surface area contributed by atoms with E-state index in [0.717, 1.165) is 19.3 Å². The molecule has 1 N–H and O–H groups in total.